The average molecular weight is 337 g/mol. The van der Waals surface area contributed by atoms with Crippen LogP contribution in [0.25, 0.3) is 0 Å². The second-order valence-corrected chi connectivity index (χ2v) is 7.30. The van der Waals surface area contributed by atoms with Crippen LogP contribution in [0.3, 0.4) is 0 Å². The van der Waals surface area contributed by atoms with Crippen molar-refractivity contribution in [3.05, 3.63) is 22.4 Å². The van der Waals surface area contributed by atoms with Crippen LogP contribution in [-0.4, -0.2) is 68.2 Å². The van der Waals surface area contributed by atoms with Crippen LogP contribution in [0, 0.1) is 5.92 Å². The summed E-state index contributed by atoms with van der Waals surface area (Å²) in [5, 5.41) is 7.18. The van der Waals surface area contributed by atoms with E-state index in [0.717, 1.165) is 58.8 Å². The molecule has 0 spiro atoms. The summed E-state index contributed by atoms with van der Waals surface area (Å²) < 4.78 is 5.49. The number of hydrogen-bond donors (Lipinski definition) is 1. The fraction of sp³-hybridized carbons (Fsp3) is 0.706. The molecular weight excluding hydrogens is 310 g/mol. The lowest BCUT2D eigenvalue weighted by Crippen LogP contribution is -2.45. The Hall–Kier alpha value is -0.950. The van der Waals surface area contributed by atoms with Crippen LogP contribution in [0.4, 0.5) is 0 Å². The summed E-state index contributed by atoms with van der Waals surface area (Å²) in [6, 6.07) is 2.75. The zero-order chi connectivity index (χ0) is 16.1. The molecule has 3 heterocycles. The van der Waals surface area contributed by atoms with Gasteiger partial charge in [0.05, 0.1) is 5.92 Å². The van der Waals surface area contributed by atoms with E-state index in [1.54, 1.807) is 18.4 Å². The molecule has 2 saturated heterocycles. The van der Waals surface area contributed by atoms with Gasteiger partial charge in [-0.15, -0.1) is 0 Å². The predicted molar refractivity (Wildman–Crippen MR) is 92.6 cm³/mol. The molecule has 0 radical (unpaired) electrons. The highest BCUT2D eigenvalue weighted by molar-refractivity contribution is 7.07. The average Bonchev–Trinajstić information content (AvgIpc) is 3.00. The van der Waals surface area contributed by atoms with Crippen molar-refractivity contribution >= 4 is 17.2 Å². The number of carbonyl (C=O) groups is 1. The number of thiophene rings is 1. The Labute approximate surface area is 142 Å². The standard InChI is InChI=1S/C17H27N3O2S/c1-18-17(21)15-11-19(10-14-4-9-23-13-14)5-6-20(12-15)16-2-7-22-8-3-16/h4,9,13,15-16H,2-3,5-8,10-12H2,1H3,(H,18,21). The van der Waals surface area contributed by atoms with Gasteiger partial charge in [0.25, 0.3) is 0 Å². The van der Waals surface area contributed by atoms with Gasteiger partial charge in [-0.1, -0.05) is 0 Å². The first-order valence-corrected chi connectivity index (χ1v) is 9.47. The Morgan fingerprint density at radius 1 is 1.35 bits per heavy atom. The van der Waals surface area contributed by atoms with Crippen molar-refractivity contribution in [2.24, 2.45) is 5.92 Å². The monoisotopic (exact) mass is 337 g/mol. The molecule has 1 aromatic rings. The van der Waals surface area contributed by atoms with Crippen LogP contribution < -0.4 is 5.32 Å². The fourth-order valence-corrected chi connectivity index (χ4v) is 4.30. The lowest BCUT2D eigenvalue weighted by Gasteiger charge is -2.34. The Kier molecular flexibility index (Phi) is 6.05. The SMILES string of the molecule is CNC(=O)C1CN(Cc2ccsc2)CCN(C2CCOCC2)C1. The summed E-state index contributed by atoms with van der Waals surface area (Å²) in [6.45, 7) is 6.43. The van der Waals surface area contributed by atoms with Gasteiger partial charge in [0, 0.05) is 59.0 Å². The smallest absolute Gasteiger partial charge is 0.225 e. The molecule has 1 atom stereocenters. The molecule has 128 valence electrons. The van der Waals surface area contributed by atoms with Crippen molar-refractivity contribution in [2.45, 2.75) is 25.4 Å². The van der Waals surface area contributed by atoms with Crippen LogP contribution >= 0.6 is 11.3 Å². The Balaban J connectivity index is 1.67. The van der Waals surface area contributed by atoms with Crippen LogP contribution in [0.2, 0.25) is 0 Å². The molecule has 5 nitrogen and oxygen atoms in total. The van der Waals surface area contributed by atoms with Crippen molar-refractivity contribution < 1.29 is 9.53 Å². The lowest BCUT2D eigenvalue weighted by atomic mass is 10.0. The largest absolute Gasteiger partial charge is 0.381 e. The Morgan fingerprint density at radius 2 is 2.17 bits per heavy atom. The van der Waals surface area contributed by atoms with Gasteiger partial charge < -0.3 is 10.1 Å². The molecule has 1 aromatic heterocycles. The molecule has 1 N–H and O–H groups in total. The van der Waals surface area contributed by atoms with Crippen LogP contribution in [-0.2, 0) is 16.1 Å². The molecule has 2 aliphatic heterocycles. The minimum absolute atomic E-state index is 0.0454. The molecule has 0 aliphatic carbocycles. The van der Waals surface area contributed by atoms with E-state index >= 15 is 0 Å². The maximum absolute atomic E-state index is 12.3. The maximum Gasteiger partial charge on any atom is 0.225 e. The highest BCUT2D eigenvalue weighted by Gasteiger charge is 2.31. The molecule has 3 rings (SSSR count). The molecule has 6 heteroatoms. The van der Waals surface area contributed by atoms with Crippen molar-refractivity contribution in [2.75, 3.05) is 46.4 Å². The minimum atomic E-state index is 0.0454. The number of rotatable bonds is 4. The quantitative estimate of drug-likeness (QED) is 0.902. The first-order valence-electron chi connectivity index (χ1n) is 8.53. The summed E-state index contributed by atoms with van der Waals surface area (Å²) in [5.41, 5.74) is 1.35. The van der Waals surface area contributed by atoms with Crippen molar-refractivity contribution in [1.82, 2.24) is 15.1 Å². The number of nitrogens with one attached hydrogen (secondary N) is 1. The van der Waals surface area contributed by atoms with Gasteiger partial charge in [-0.2, -0.15) is 11.3 Å². The highest BCUT2D eigenvalue weighted by atomic mass is 32.1. The van der Waals surface area contributed by atoms with E-state index in [1.807, 2.05) is 0 Å². The van der Waals surface area contributed by atoms with E-state index in [2.05, 4.69) is 31.9 Å². The lowest BCUT2D eigenvalue weighted by molar-refractivity contribution is -0.125. The molecule has 1 amide bonds. The Bertz CT molecular complexity index is 488. The molecule has 23 heavy (non-hydrogen) atoms. The Morgan fingerprint density at radius 3 is 2.87 bits per heavy atom. The summed E-state index contributed by atoms with van der Waals surface area (Å²) in [4.78, 5) is 17.3. The zero-order valence-corrected chi connectivity index (χ0v) is 14.7. The van der Waals surface area contributed by atoms with Crippen LogP contribution in [0.1, 0.15) is 18.4 Å². The topological polar surface area (TPSA) is 44.8 Å². The van der Waals surface area contributed by atoms with Crippen molar-refractivity contribution in [3.63, 3.8) is 0 Å². The molecule has 0 bridgehead atoms. The third kappa shape index (κ3) is 4.53. The molecule has 1 unspecified atom stereocenters. The van der Waals surface area contributed by atoms with Gasteiger partial charge in [0.2, 0.25) is 5.91 Å². The van der Waals surface area contributed by atoms with Crippen molar-refractivity contribution in [3.8, 4) is 0 Å². The van der Waals surface area contributed by atoms with E-state index in [-0.39, 0.29) is 11.8 Å². The molecule has 2 aliphatic rings. The van der Waals surface area contributed by atoms with Gasteiger partial charge in [-0.3, -0.25) is 14.6 Å². The maximum atomic E-state index is 12.3. The van der Waals surface area contributed by atoms with Gasteiger partial charge in [0.1, 0.15) is 0 Å². The second kappa shape index (κ2) is 8.24. The summed E-state index contributed by atoms with van der Waals surface area (Å²) >= 11 is 1.74. The number of ether oxygens (including phenoxy) is 1. The molecule has 0 saturated carbocycles. The van der Waals surface area contributed by atoms with Gasteiger partial charge >= 0.3 is 0 Å². The van der Waals surface area contributed by atoms with Gasteiger partial charge in [0.15, 0.2) is 0 Å². The van der Waals surface area contributed by atoms with Gasteiger partial charge in [-0.25, -0.2) is 0 Å². The van der Waals surface area contributed by atoms with E-state index in [9.17, 15) is 4.79 Å². The first kappa shape index (κ1) is 16.9. The minimum Gasteiger partial charge on any atom is -0.381 e. The number of amides is 1. The number of carbonyl (C=O) groups excluding carboxylic acids is 1. The normalized spacial score (nSPS) is 25.2. The van der Waals surface area contributed by atoms with E-state index in [4.69, 9.17) is 4.74 Å². The summed E-state index contributed by atoms with van der Waals surface area (Å²) in [6.07, 6.45) is 2.18. The van der Waals surface area contributed by atoms with E-state index < -0.39 is 0 Å². The second-order valence-electron chi connectivity index (χ2n) is 6.52. The van der Waals surface area contributed by atoms with E-state index in [1.165, 1.54) is 5.56 Å². The highest BCUT2D eigenvalue weighted by Crippen LogP contribution is 2.20. The van der Waals surface area contributed by atoms with Crippen LogP contribution in [0.5, 0.6) is 0 Å². The fourth-order valence-electron chi connectivity index (χ4n) is 3.64. The zero-order valence-electron chi connectivity index (χ0n) is 13.9. The third-order valence-corrected chi connectivity index (χ3v) is 5.68. The van der Waals surface area contributed by atoms with E-state index in [0.29, 0.717) is 6.04 Å². The predicted octanol–water partition coefficient (Wildman–Crippen LogP) is 1.41. The summed E-state index contributed by atoms with van der Waals surface area (Å²) in [5.74, 6) is 0.211. The molecular formula is C17H27N3O2S. The first-order chi connectivity index (χ1) is 11.3. The number of hydrogen-bond acceptors (Lipinski definition) is 5. The molecule has 0 aromatic carbocycles. The molecule has 2 fully saturated rings. The van der Waals surface area contributed by atoms with Crippen molar-refractivity contribution in [1.29, 1.82) is 0 Å². The number of nitrogens with zero attached hydrogens (tertiary/aromatic N) is 2. The summed E-state index contributed by atoms with van der Waals surface area (Å²) in [7, 11) is 1.75. The third-order valence-electron chi connectivity index (χ3n) is 4.95. The van der Waals surface area contributed by atoms with Crippen LogP contribution in [0.15, 0.2) is 16.8 Å². The van der Waals surface area contributed by atoms with Gasteiger partial charge in [-0.05, 0) is 35.2 Å².